The van der Waals surface area contributed by atoms with Gasteiger partial charge in [-0.15, -0.1) is 0 Å². The predicted octanol–water partition coefficient (Wildman–Crippen LogP) is 1.09. The first-order chi connectivity index (χ1) is 6.03. The maximum atomic E-state index is 12.0. The molecule has 0 atom stereocenters. The van der Waals surface area contributed by atoms with Crippen LogP contribution in [0.3, 0.4) is 0 Å². The minimum atomic E-state index is -5.07. The van der Waals surface area contributed by atoms with E-state index in [1.165, 1.54) is 24.3 Å². The minimum Gasteiger partial charge on any atom is -0.358 e. The number of carbonyl (C=O) groups excluding carboxylic acids is 1. The zero-order chi connectivity index (χ0) is 9.90. The lowest BCUT2D eigenvalue weighted by atomic mass is 10.2. The zero-order valence-electron chi connectivity index (χ0n) is 6.31. The topological polar surface area (TPSA) is 60.4 Å². The number of benzene rings is 1. The summed E-state index contributed by atoms with van der Waals surface area (Å²) in [4.78, 5) is 10.3. The molecule has 4 nitrogen and oxygen atoms in total. The first-order valence-electron chi connectivity index (χ1n) is 3.21. The lowest BCUT2D eigenvalue weighted by molar-refractivity contribution is 0.112. The molecule has 13 heavy (non-hydrogen) atoms. The van der Waals surface area contributed by atoms with Crippen molar-refractivity contribution < 1.29 is 21.3 Å². The van der Waals surface area contributed by atoms with Crippen molar-refractivity contribution in [3.8, 4) is 5.75 Å². The van der Waals surface area contributed by atoms with Crippen molar-refractivity contribution in [2.45, 2.75) is 0 Å². The van der Waals surface area contributed by atoms with E-state index in [0.29, 0.717) is 6.29 Å². The van der Waals surface area contributed by atoms with Gasteiger partial charge in [0.25, 0.3) is 0 Å². The van der Waals surface area contributed by atoms with E-state index in [1.54, 1.807) is 0 Å². The van der Waals surface area contributed by atoms with E-state index in [1.807, 2.05) is 0 Å². The van der Waals surface area contributed by atoms with Crippen LogP contribution >= 0.6 is 0 Å². The highest BCUT2D eigenvalue weighted by molar-refractivity contribution is 7.81. The van der Waals surface area contributed by atoms with Crippen LogP contribution in [0, 0.1) is 0 Å². The van der Waals surface area contributed by atoms with E-state index in [2.05, 4.69) is 4.18 Å². The van der Waals surface area contributed by atoms with Gasteiger partial charge in [-0.05, 0) is 12.1 Å². The summed E-state index contributed by atoms with van der Waals surface area (Å²) < 4.78 is 36.1. The number of carbonyl (C=O) groups is 1. The van der Waals surface area contributed by atoms with Gasteiger partial charge in [-0.3, -0.25) is 4.79 Å². The third-order valence-electron chi connectivity index (χ3n) is 1.24. The SMILES string of the molecule is O=Cc1ccccc1OS(=O)(=O)F. The Hall–Kier alpha value is -1.43. The molecule has 1 aromatic rings. The van der Waals surface area contributed by atoms with Crippen LogP contribution in [0.4, 0.5) is 3.89 Å². The van der Waals surface area contributed by atoms with Crippen LogP contribution in [0.25, 0.3) is 0 Å². The summed E-state index contributed by atoms with van der Waals surface area (Å²) in [5, 5.41) is 0. The molecule has 0 radical (unpaired) electrons. The fourth-order valence-electron chi connectivity index (χ4n) is 0.761. The molecular formula is C7H5FO4S. The van der Waals surface area contributed by atoms with Gasteiger partial charge in [0.2, 0.25) is 0 Å². The summed E-state index contributed by atoms with van der Waals surface area (Å²) in [6.07, 6.45) is 0.376. The molecule has 70 valence electrons. The Balaban J connectivity index is 3.08. The first kappa shape index (κ1) is 9.66. The average molecular weight is 204 g/mol. The fourth-order valence-corrected chi connectivity index (χ4v) is 1.13. The number of rotatable bonds is 3. The van der Waals surface area contributed by atoms with Crippen molar-refractivity contribution in [2.24, 2.45) is 0 Å². The maximum Gasteiger partial charge on any atom is 0.488 e. The number of hydrogen-bond acceptors (Lipinski definition) is 4. The molecule has 0 heterocycles. The Morgan fingerprint density at radius 2 is 1.92 bits per heavy atom. The summed E-state index contributed by atoms with van der Waals surface area (Å²) in [5.74, 6) is -0.319. The lowest BCUT2D eigenvalue weighted by Gasteiger charge is -2.01. The largest absolute Gasteiger partial charge is 0.488 e. The van der Waals surface area contributed by atoms with E-state index in [4.69, 9.17) is 0 Å². The molecule has 0 aliphatic rings. The molecule has 0 saturated heterocycles. The first-order valence-corrected chi connectivity index (χ1v) is 4.52. The summed E-state index contributed by atoms with van der Waals surface area (Å²) >= 11 is 0. The van der Waals surface area contributed by atoms with Gasteiger partial charge in [0.05, 0.1) is 5.56 Å². The zero-order valence-corrected chi connectivity index (χ0v) is 7.12. The molecule has 1 rings (SSSR count). The molecular weight excluding hydrogens is 199 g/mol. The summed E-state index contributed by atoms with van der Waals surface area (Å²) in [6.45, 7) is 0. The maximum absolute atomic E-state index is 12.0. The quantitative estimate of drug-likeness (QED) is 0.546. The standard InChI is InChI=1S/C7H5FO4S/c8-13(10,11)12-7-4-2-1-3-6(7)5-9/h1-5H. The molecule has 1 aromatic carbocycles. The van der Waals surface area contributed by atoms with Gasteiger partial charge in [-0.1, -0.05) is 16.0 Å². The van der Waals surface area contributed by atoms with Crippen molar-refractivity contribution in [1.82, 2.24) is 0 Å². The summed E-state index contributed by atoms with van der Waals surface area (Å²) in [6, 6.07) is 5.42. The second kappa shape index (κ2) is 3.53. The van der Waals surface area contributed by atoms with E-state index in [0.717, 1.165) is 0 Å². The van der Waals surface area contributed by atoms with Crippen molar-refractivity contribution >= 4 is 16.8 Å². The molecule has 0 fully saturated rings. The Bertz CT molecular complexity index is 412. The van der Waals surface area contributed by atoms with Gasteiger partial charge in [-0.2, -0.15) is 8.42 Å². The van der Waals surface area contributed by atoms with Crippen molar-refractivity contribution in [3.05, 3.63) is 29.8 Å². The molecule has 0 saturated carbocycles. The molecule has 0 amide bonds. The highest BCUT2D eigenvalue weighted by atomic mass is 32.3. The molecule has 0 aromatic heterocycles. The highest BCUT2D eigenvalue weighted by Crippen LogP contribution is 2.17. The van der Waals surface area contributed by atoms with Crippen LogP contribution in [0.5, 0.6) is 5.75 Å². The van der Waals surface area contributed by atoms with Gasteiger partial charge in [0, 0.05) is 0 Å². The van der Waals surface area contributed by atoms with Crippen LogP contribution in [-0.2, 0) is 10.5 Å². The second-order valence-electron chi connectivity index (χ2n) is 2.13. The van der Waals surface area contributed by atoms with Crippen LogP contribution < -0.4 is 4.18 Å². The van der Waals surface area contributed by atoms with Gasteiger partial charge >= 0.3 is 10.5 Å². The van der Waals surface area contributed by atoms with E-state index < -0.39 is 10.5 Å². The van der Waals surface area contributed by atoms with Crippen LogP contribution in [0.15, 0.2) is 24.3 Å². The fraction of sp³-hybridized carbons (Fsp3) is 0. The van der Waals surface area contributed by atoms with Crippen LogP contribution in [0.2, 0.25) is 0 Å². The molecule has 0 N–H and O–H groups in total. The van der Waals surface area contributed by atoms with Crippen molar-refractivity contribution in [2.75, 3.05) is 0 Å². The average Bonchev–Trinajstić information content (AvgIpc) is 2.02. The molecule has 0 spiro atoms. The number of aldehydes is 1. The number of halogens is 1. The number of para-hydroxylation sites is 1. The predicted molar refractivity (Wildman–Crippen MR) is 42.5 cm³/mol. The second-order valence-corrected chi connectivity index (χ2v) is 3.08. The Morgan fingerprint density at radius 1 is 1.31 bits per heavy atom. The smallest absolute Gasteiger partial charge is 0.358 e. The molecule has 0 aliphatic heterocycles. The Kier molecular flexibility index (Phi) is 2.62. The summed E-state index contributed by atoms with van der Waals surface area (Å²) in [7, 11) is -5.07. The third-order valence-corrected chi connectivity index (χ3v) is 1.61. The molecule has 0 aliphatic carbocycles. The van der Waals surface area contributed by atoms with E-state index in [9.17, 15) is 17.1 Å². The number of hydrogen-bond donors (Lipinski definition) is 0. The van der Waals surface area contributed by atoms with Crippen LogP contribution in [0.1, 0.15) is 10.4 Å². The monoisotopic (exact) mass is 204 g/mol. The molecule has 6 heteroatoms. The molecule has 0 bridgehead atoms. The Labute approximate surface area is 74.4 Å². The summed E-state index contributed by atoms with van der Waals surface area (Å²) in [5.41, 5.74) is -0.0243. The normalized spacial score (nSPS) is 10.8. The highest BCUT2D eigenvalue weighted by Gasteiger charge is 2.12. The van der Waals surface area contributed by atoms with E-state index in [-0.39, 0.29) is 11.3 Å². The van der Waals surface area contributed by atoms with E-state index >= 15 is 0 Å². The molecule has 0 unspecified atom stereocenters. The van der Waals surface area contributed by atoms with Gasteiger partial charge in [-0.25, -0.2) is 0 Å². The van der Waals surface area contributed by atoms with Gasteiger partial charge < -0.3 is 4.18 Å². The lowest BCUT2D eigenvalue weighted by Crippen LogP contribution is -2.03. The third kappa shape index (κ3) is 2.83. The van der Waals surface area contributed by atoms with Gasteiger partial charge in [0.1, 0.15) is 0 Å². The van der Waals surface area contributed by atoms with Crippen molar-refractivity contribution in [3.63, 3.8) is 0 Å². The van der Waals surface area contributed by atoms with Crippen LogP contribution in [-0.4, -0.2) is 14.7 Å². The minimum absolute atomic E-state index is 0.0243. The van der Waals surface area contributed by atoms with Gasteiger partial charge in [0.15, 0.2) is 12.0 Å². The van der Waals surface area contributed by atoms with Crippen molar-refractivity contribution in [1.29, 1.82) is 0 Å². The Morgan fingerprint density at radius 3 is 2.46 bits per heavy atom.